The van der Waals surface area contributed by atoms with Gasteiger partial charge in [0.25, 0.3) is 0 Å². The van der Waals surface area contributed by atoms with E-state index >= 15 is 0 Å². The minimum atomic E-state index is -1.37. The minimum Gasteiger partial charge on any atom is -0.396 e. The molecule has 14 heavy (non-hydrogen) atoms. The number of pyridine rings is 1. The largest absolute Gasteiger partial charge is 0.396 e. The van der Waals surface area contributed by atoms with Gasteiger partial charge in [0.2, 0.25) is 0 Å². The minimum absolute atomic E-state index is 0.481. The van der Waals surface area contributed by atoms with Crippen LogP contribution in [0.3, 0.4) is 0 Å². The summed E-state index contributed by atoms with van der Waals surface area (Å²) in [7, 11) is -1.37. The number of anilines is 1. The third-order valence-corrected chi connectivity index (χ3v) is 2.78. The van der Waals surface area contributed by atoms with Crippen molar-refractivity contribution in [3.63, 3.8) is 0 Å². The van der Waals surface area contributed by atoms with Gasteiger partial charge in [0, 0.05) is 6.20 Å². The highest BCUT2D eigenvalue weighted by atomic mass is 35.5. The molecule has 0 aliphatic rings. The summed E-state index contributed by atoms with van der Waals surface area (Å²) in [6.07, 6.45) is 3.17. The molecule has 0 saturated heterocycles. The molecule has 4 heteroatoms. The normalized spacial score (nSPS) is 10.6. The Bertz CT molecular complexity index is 399. The zero-order valence-corrected chi connectivity index (χ0v) is 10.3. The maximum absolute atomic E-state index is 5.97. The van der Waals surface area contributed by atoms with Crippen molar-refractivity contribution in [1.29, 1.82) is 0 Å². The van der Waals surface area contributed by atoms with E-state index in [0.717, 1.165) is 0 Å². The van der Waals surface area contributed by atoms with Gasteiger partial charge in [-0.05, 0) is 0 Å². The summed E-state index contributed by atoms with van der Waals surface area (Å²) in [6, 6.07) is 0. The Morgan fingerprint density at radius 3 is 2.57 bits per heavy atom. The number of hydrogen-bond donors (Lipinski definition) is 1. The highest BCUT2D eigenvalue weighted by Gasteiger charge is 2.08. The number of aromatic nitrogens is 1. The van der Waals surface area contributed by atoms with E-state index < -0.39 is 8.07 Å². The Hall–Kier alpha value is -0.983. The predicted molar refractivity (Wildman–Crippen MR) is 63.9 cm³/mol. The molecule has 0 aliphatic heterocycles. The van der Waals surface area contributed by atoms with Gasteiger partial charge in [-0.2, -0.15) is 0 Å². The van der Waals surface area contributed by atoms with Gasteiger partial charge < -0.3 is 5.73 Å². The topological polar surface area (TPSA) is 38.9 Å². The lowest BCUT2D eigenvalue weighted by atomic mass is 10.3. The maximum Gasteiger partial charge on any atom is 0.129 e. The van der Waals surface area contributed by atoms with Crippen molar-refractivity contribution >= 4 is 25.4 Å². The smallest absolute Gasteiger partial charge is 0.129 e. The Labute approximate surface area is 90.5 Å². The lowest BCUT2D eigenvalue weighted by Crippen LogP contribution is -2.16. The van der Waals surface area contributed by atoms with Crippen LogP contribution in [0.4, 0.5) is 5.69 Å². The van der Waals surface area contributed by atoms with Crippen molar-refractivity contribution in [3.05, 3.63) is 23.0 Å². The molecule has 0 fully saturated rings. The van der Waals surface area contributed by atoms with E-state index in [1.807, 2.05) is 0 Å². The number of nitrogen functional groups attached to an aromatic ring is 1. The number of nitrogens with two attached hydrogens (primary N) is 1. The van der Waals surface area contributed by atoms with E-state index in [2.05, 4.69) is 36.1 Å². The second-order valence-electron chi connectivity index (χ2n) is 4.09. The summed E-state index contributed by atoms with van der Waals surface area (Å²) in [6.45, 7) is 6.52. The first-order chi connectivity index (χ1) is 6.40. The van der Waals surface area contributed by atoms with Crippen LogP contribution in [-0.2, 0) is 0 Å². The van der Waals surface area contributed by atoms with Crippen LogP contribution in [0.5, 0.6) is 0 Å². The molecule has 0 bridgehead atoms. The number of halogens is 1. The summed E-state index contributed by atoms with van der Waals surface area (Å²) in [5.41, 5.74) is 10.0. The molecule has 0 aliphatic carbocycles. The maximum atomic E-state index is 5.97. The average molecular weight is 225 g/mol. The van der Waals surface area contributed by atoms with Crippen molar-refractivity contribution in [2.75, 3.05) is 5.73 Å². The van der Waals surface area contributed by atoms with Crippen LogP contribution in [0.2, 0.25) is 24.7 Å². The highest BCUT2D eigenvalue weighted by Crippen LogP contribution is 2.20. The van der Waals surface area contributed by atoms with Gasteiger partial charge in [0.05, 0.1) is 22.5 Å². The first-order valence-corrected chi connectivity index (χ1v) is 8.20. The van der Waals surface area contributed by atoms with Crippen LogP contribution in [0.1, 0.15) is 5.56 Å². The Morgan fingerprint density at radius 1 is 1.36 bits per heavy atom. The summed E-state index contributed by atoms with van der Waals surface area (Å²) >= 11 is 5.97. The number of rotatable bonds is 0. The molecule has 2 N–H and O–H groups in total. The van der Waals surface area contributed by atoms with Crippen LogP contribution in [0.15, 0.2) is 12.4 Å². The summed E-state index contributed by atoms with van der Waals surface area (Å²) in [5, 5.41) is 0.505. The molecule has 1 aromatic rings. The molecule has 1 rings (SSSR count). The lowest BCUT2D eigenvalue weighted by molar-refractivity contribution is 1.32. The van der Waals surface area contributed by atoms with Crippen molar-refractivity contribution in [2.24, 2.45) is 0 Å². The first kappa shape index (κ1) is 11.1. The summed E-state index contributed by atoms with van der Waals surface area (Å²) in [4.78, 5) is 3.95. The van der Waals surface area contributed by atoms with Crippen molar-refractivity contribution in [1.82, 2.24) is 4.98 Å². The van der Waals surface area contributed by atoms with Gasteiger partial charge >= 0.3 is 0 Å². The van der Waals surface area contributed by atoms with E-state index in [1.54, 1.807) is 6.20 Å². The third kappa shape index (κ3) is 3.06. The molecule has 0 amide bonds. The third-order valence-electron chi connectivity index (χ3n) is 1.48. The number of nitrogens with zero attached hydrogens (tertiary/aromatic N) is 1. The van der Waals surface area contributed by atoms with Crippen LogP contribution < -0.4 is 5.73 Å². The van der Waals surface area contributed by atoms with E-state index in [1.165, 1.54) is 6.20 Å². The van der Waals surface area contributed by atoms with Gasteiger partial charge in [0.1, 0.15) is 8.07 Å². The quantitative estimate of drug-likeness (QED) is 0.544. The van der Waals surface area contributed by atoms with E-state index in [-0.39, 0.29) is 0 Å². The van der Waals surface area contributed by atoms with E-state index in [0.29, 0.717) is 16.3 Å². The molecule has 2 nitrogen and oxygen atoms in total. The van der Waals surface area contributed by atoms with Gasteiger partial charge in [-0.25, -0.2) is 0 Å². The zero-order chi connectivity index (χ0) is 10.8. The fourth-order valence-electron chi connectivity index (χ4n) is 0.803. The van der Waals surface area contributed by atoms with Crippen LogP contribution in [-0.4, -0.2) is 13.1 Å². The first-order valence-electron chi connectivity index (χ1n) is 4.32. The second-order valence-corrected chi connectivity index (χ2v) is 9.22. The van der Waals surface area contributed by atoms with Gasteiger partial charge in [0.15, 0.2) is 0 Å². The zero-order valence-electron chi connectivity index (χ0n) is 8.56. The molecule has 0 spiro atoms. The monoisotopic (exact) mass is 224 g/mol. The summed E-state index contributed by atoms with van der Waals surface area (Å²) in [5.74, 6) is 3.03. The number of hydrogen-bond acceptors (Lipinski definition) is 2. The van der Waals surface area contributed by atoms with Gasteiger partial charge in [-0.3, -0.25) is 4.98 Å². The molecular formula is C10H13ClN2Si. The Balaban J connectivity index is 3.08. The molecule has 1 aromatic heterocycles. The lowest BCUT2D eigenvalue weighted by Gasteiger charge is -2.04. The van der Waals surface area contributed by atoms with Gasteiger partial charge in [-0.1, -0.05) is 37.2 Å². The predicted octanol–water partition coefficient (Wildman–Crippen LogP) is 2.55. The van der Waals surface area contributed by atoms with Crippen LogP contribution >= 0.6 is 11.6 Å². The van der Waals surface area contributed by atoms with Crippen molar-refractivity contribution in [3.8, 4) is 11.5 Å². The fraction of sp³-hybridized carbons (Fsp3) is 0.300. The van der Waals surface area contributed by atoms with E-state index in [9.17, 15) is 0 Å². The average Bonchev–Trinajstić information content (AvgIpc) is 2.06. The molecule has 0 aromatic carbocycles. The molecule has 1 heterocycles. The highest BCUT2D eigenvalue weighted by molar-refractivity contribution is 6.83. The van der Waals surface area contributed by atoms with Crippen LogP contribution in [0.25, 0.3) is 0 Å². The molecular weight excluding hydrogens is 212 g/mol. The molecule has 74 valence electrons. The van der Waals surface area contributed by atoms with E-state index in [4.69, 9.17) is 17.3 Å². The Kier molecular flexibility index (Phi) is 3.20. The molecule has 0 radical (unpaired) electrons. The summed E-state index contributed by atoms with van der Waals surface area (Å²) < 4.78 is 0. The van der Waals surface area contributed by atoms with Crippen molar-refractivity contribution < 1.29 is 0 Å². The van der Waals surface area contributed by atoms with Gasteiger partial charge in [-0.15, -0.1) is 5.54 Å². The molecule has 0 unspecified atom stereocenters. The van der Waals surface area contributed by atoms with Crippen LogP contribution in [0, 0.1) is 11.5 Å². The Morgan fingerprint density at radius 2 is 2.00 bits per heavy atom. The molecule has 0 saturated carbocycles. The SMILES string of the molecule is C[Si](C)(C)C#Cc1cncc(N)c1Cl. The van der Waals surface area contributed by atoms with Crippen molar-refractivity contribution in [2.45, 2.75) is 19.6 Å². The second kappa shape index (κ2) is 4.03. The standard InChI is InChI=1S/C10H13ClN2Si/c1-14(2,3)5-4-8-6-13-7-9(12)10(8)11/h6-7H,12H2,1-3H3. The fourth-order valence-corrected chi connectivity index (χ4v) is 1.46. The molecule has 0 atom stereocenters.